The third-order valence-corrected chi connectivity index (χ3v) is 3.47. The molecule has 1 aromatic heterocycles. The molecule has 0 saturated heterocycles. The summed E-state index contributed by atoms with van der Waals surface area (Å²) in [7, 11) is 0. The molecule has 2 rings (SSSR count). The van der Waals surface area contributed by atoms with Crippen molar-refractivity contribution in [2.24, 2.45) is 0 Å². The van der Waals surface area contributed by atoms with Crippen LogP contribution in [0.4, 0.5) is 0 Å². The molecule has 5 nitrogen and oxygen atoms in total. The van der Waals surface area contributed by atoms with Gasteiger partial charge >= 0.3 is 5.97 Å². The van der Waals surface area contributed by atoms with E-state index >= 15 is 0 Å². The second-order valence-electron chi connectivity index (χ2n) is 4.67. The minimum Gasteiger partial charge on any atom is -0.506 e. The predicted molar refractivity (Wildman–Crippen MR) is 75.5 cm³/mol. The lowest BCUT2D eigenvalue weighted by atomic mass is 9.99. The van der Waals surface area contributed by atoms with E-state index in [1.54, 1.807) is 30.3 Å². The number of aromatic nitrogens is 2. The highest BCUT2D eigenvalue weighted by Gasteiger charge is 2.20. The monoisotopic (exact) mass is 274 g/mol. The molecule has 0 aliphatic heterocycles. The number of aromatic carboxylic acids is 1. The molecule has 0 radical (unpaired) electrons. The van der Waals surface area contributed by atoms with E-state index in [0.29, 0.717) is 5.69 Å². The van der Waals surface area contributed by atoms with Gasteiger partial charge in [0.1, 0.15) is 11.4 Å². The Morgan fingerprint density at radius 3 is 2.50 bits per heavy atom. The number of para-hydroxylation sites is 2. The van der Waals surface area contributed by atoms with E-state index in [4.69, 9.17) is 5.11 Å². The lowest BCUT2D eigenvalue weighted by Gasteiger charge is -2.15. The Morgan fingerprint density at radius 2 is 1.95 bits per heavy atom. The quantitative estimate of drug-likeness (QED) is 0.878. The average Bonchev–Trinajstić information content (AvgIpc) is 2.86. The lowest BCUT2D eigenvalue weighted by Crippen LogP contribution is -2.07. The molecule has 1 aromatic carbocycles. The van der Waals surface area contributed by atoms with Gasteiger partial charge in [-0.15, -0.1) is 0 Å². The van der Waals surface area contributed by atoms with Crippen molar-refractivity contribution in [1.29, 1.82) is 0 Å². The van der Waals surface area contributed by atoms with Gasteiger partial charge in [-0.05, 0) is 31.0 Å². The predicted octanol–water partition coefficient (Wildman–Crippen LogP) is 3.18. The topological polar surface area (TPSA) is 75.3 Å². The van der Waals surface area contributed by atoms with Crippen LogP contribution in [0, 0.1) is 0 Å². The Bertz CT molecular complexity index is 615. The molecule has 20 heavy (non-hydrogen) atoms. The van der Waals surface area contributed by atoms with Crippen LogP contribution in [0.3, 0.4) is 0 Å². The molecule has 0 spiro atoms. The van der Waals surface area contributed by atoms with Crippen molar-refractivity contribution in [2.75, 3.05) is 0 Å². The van der Waals surface area contributed by atoms with Crippen LogP contribution in [0.2, 0.25) is 0 Å². The number of hydrogen-bond acceptors (Lipinski definition) is 3. The molecule has 0 amide bonds. The molecule has 0 unspecified atom stereocenters. The summed E-state index contributed by atoms with van der Waals surface area (Å²) in [5.74, 6) is -0.777. The molecule has 2 aromatic rings. The molecule has 106 valence electrons. The van der Waals surface area contributed by atoms with Gasteiger partial charge in [0.25, 0.3) is 0 Å². The molecule has 0 bridgehead atoms. The number of carbonyl (C=O) groups is 1. The van der Waals surface area contributed by atoms with E-state index in [-0.39, 0.29) is 17.4 Å². The van der Waals surface area contributed by atoms with Crippen molar-refractivity contribution in [2.45, 2.75) is 32.6 Å². The number of rotatable bonds is 5. The largest absolute Gasteiger partial charge is 0.506 e. The van der Waals surface area contributed by atoms with Crippen molar-refractivity contribution in [3.8, 4) is 11.4 Å². The molecule has 0 aliphatic carbocycles. The number of nitrogens with zero attached hydrogens (tertiary/aromatic N) is 2. The fraction of sp³-hybridized carbons (Fsp3) is 0.333. The number of carboxylic acid groups (broad SMARTS) is 1. The number of phenolic OH excluding ortho intramolecular Hbond substituents is 1. The Balaban J connectivity index is 2.61. The van der Waals surface area contributed by atoms with E-state index in [1.165, 1.54) is 4.68 Å². The minimum atomic E-state index is -1.06. The molecule has 2 N–H and O–H groups in total. The number of hydrogen-bond donors (Lipinski definition) is 2. The standard InChI is InChI=1S/C15H18N2O3/c1-3-10(4-2)13-9-11(15(19)20)16-17(13)12-7-5-6-8-14(12)18/h5-10,18H,3-4H2,1-2H3,(H,19,20). The van der Waals surface area contributed by atoms with E-state index in [1.807, 2.05) is 0 Å². The summed E-state index contributed by atoms with van der Waals surface area (Å²) >= 11 is 0. The minimum absolute atomic E-state index is 0.00449. The van der Waals surface area contributed by atoms with E-state index in [9.17, 15) is 9.90 Å². The molecular weight excluding hydrogens is 256 g/mol. The van der Waals surface area contributed by atoms with Gasteiger partial charge < -0.3 is 10.2 Å². The van der Waals surface area contributed by atoms with Gasteiger partial charge in [0.15, 0.2) is 5.69 Å². The van der Waals surface area contributed by atoms with Gasteiger partial charge in [-0.25, -0.2) is 9.48 Å². The van der Waals surface area contributed by atoms with Gasteiger partial charge in [0, 0.05) is 11.6 Å². The number of benzene rings is 1. The van der Waals surface area contributed by atoms with Gasteiger partial charge in [-0.1, -0.05) is 26.0 Å². The Kier molecular flexibility index (Phi) is 4.08. The third-order valence-electron chi connectivity index (χ3n) is 3.47. The number of phenols is 1. The summed E-state index contributed by atoms with van der Waals surface area (Å²) in [6.45, 7) is 4.10. The summed E-state index contributed by atoms with van der Waals surface area (Å²) in [4.78, 5) is 11.1. The van der Waals surface area contributed by atoms with Crippen LogP contribution in [0.15, 0.2) is 30.3 Å². The highest BCUT2D eigenvalue weighted by molar-refractivity contribution is 5.85. The summed E-state index contributed by atoms with van der Waals surface area (Å²) in [5, 5.41) is 23.2. The Morgan fingerprint density at radius 1 is 1.30 bits per heavy atom. The van der Waals surface area contributed by atoms with Gasteiger partial charge in [-0.2, -0.15) is 5.10 Å². The smallest absolute Gasteiger partial charge is 0.356 e. The zero-order valence-corrected chi connectivity index (χ0v) is 11.6. The molecule has 0 aliphatic rings. The Labute approximate surface area is 117 Å². The van der Waals surface area contributed by atoms with Crippen molar-refractivity contribution in [1.82, 2.24) is 9.78 Å². The first-order valence-electron chi connectivity index (χ1n) is 6.70. The number of carboxylic acids is 1. The van der Waals surface area contributed by atoms with Crippen LogP contribution >= 0.6 is 0 Å². The first-order chi connectivity index (χ1) is 9.58. The van der Waals surface area contributed by atoms with E-state index < -0.39 is 5.97 Å². The van der Waals surface area contributed by atoms with Gasteiger partial charge in [-0.3, -0.25) is 0 Å². The average molecular weight is 274 g/mol. The van der Waals surface area contributed by atoms with Gasteiger partial charge in [0.2, 0.25) is 0 Å². The molecular formula is C15H18N2O3. The van der Waals surface area contributed by atoms with Crippen LogP contribution < -0.4 is 0 Å². The summed E-state index contributed by atoms with van der Waals surface area (Å²) in [6, 6.07) is 8.38. The van der Waals surface area contributed by atoms with Crippen LogP contribution in [0.5, 0.6) is 5.75 Å². The fourth-order valence-corrected chi connectivity index (χ4v) is 2.33. The van der Waals surface area contributed by atoms with Gasteiger partial charge in [0.05, 0.1) is 0 Å². The Hall–Kier alpha value is -2.30. The second-order valence-corrected chi connectivity index (χ2v) is 4.67. The molecule has 0 saturated carbocycles. The second kappa shape index (κ2) is 5.77. The zero-order chi connectivity index (χ0) is 14.7. The highest BCUT2D eigenvalue weighted by atomic mass is 16.4. The molecule has 0 fully saturated rings. The maximum atomic E-state index is 11.1. The van der Waals surface area contributed by atoms with Crippen molar-refractivity contribution >= 4 is 5.97 Å². The van der Waals surface area contributed by atoms with Crippen LogP contribution in [-0.2, 0) is 0 Å². The summed E-state index contributed by atoms with van der Waals surface area (Å²) < 4.78 is 1.54. The van der Waals surface area contributed by atoms with Crippen LogP contribution in [0.1, 0.15) is 48.8 Å². The zero-order valence-electron chi connectivity index (χ0n) is 11.6. The fourth-order valence-electron chi connectivity index (χ4n) is 2.33. The number of aromatic hydroxyl groups is 1. The molecule has 5 heteroatoms. The van der Waals surface area contributed by atoms with Crippen molar-refractivity contribution < 1.29 is 15.0 Å². The summed E-state index contributed by atoms with van der Waals surface area (Å²) in [5.41, 5.74) is 1.31. The molecule has 1 heterocycles. The van der Waals surface area contributed by atoms with Crippen molar-refractivity contribution in [3.05, 3.63) is 41.7 Å². The maximum Gasteiger partial charge on any atom is 0.356 e. The first kappa shape index (κ1) is 14.1. The van der Waals surface area contributed by atoms with E-state index in [0.717, 1.165) is 18.5 Å². The van der Waals surface area contributed by atoms with Crippen LogP contribution in [-0.4, -0.2) is 26.0 Å². The molecule has 0 atom stereocenters. The maximum absolute atomic E-state index is 11.1. The van der Waals surface area contributed by atoms with E-state index in [2.05, 4.69) is 18.9 Å². The SMILES string of the molecule is CCC(CC)c1cc(C(=O)O)nn1-c1ccccc1O. The third kappa shape index (κ3) is 2.52. The van der Waals surface area contributed by atoms with Crippen molar-refractivity contribution in [3.63, 3.8) is 0 Å². The lowest BCUT2D eigenvalue weighted by molar-refractivity contribution is 0.0690. The van der Waals surface area contributed by atoms with Crippen LogP contribution in [0.25, 0.3) is 5.69 Å². The first-order valence-corrected chi connectivity index (χ1v) is 6.70. The summed E-state index contributed by atoms with van der Waals surface area (Å²) in [6.07, 6.45) is 1.77. The normalized spacial score (nSPS) is 10.9. The highest BCUT2D eigenvalue weighted by Crippen LogP contribution is 2.29.